The fraction of sp³-hybridized carbons (Fsp3) is 0.636. The lowest BCUT2D eigenvalue weighted by Crippen LogP contribution is -2.13. The first-order chi connectivity index (χ1) is 8.00. The van der Waals surface area contributed by atoms with Crippen molar-refractivity contribution in [3.63, 3.8) is 0 Å². The summed E-state index contributed by atoms with van der Waals surface area (Å²) in [5.74, 6) is -0.569. The highest BCUT2D eigenvalue weighted by atomic mass is 16.4. The molecule has 0 saturated carbocycles. The van der Waals surface area contributed by atoms with Crippen LogP contribution in [0, 0.1) is 19.8 Å². The Balaban J connectivity index is 2.31. The Labute approximate surface area is 100 Å². The molecule has 0 aliphatic rings. The van der Waals surface area contributed by atoms with Crippen LogP contribution in [-0.2, 0) is 4.79 Å². The number of nitrogens with one attached hydrogen (secondary N) is 1. The maximum atomic E-state index is 10.6. The largest absolute Gasteiger partial charge is 0.481 e. The van der Waals surface area contributed by atoms with Gasteiger partial charge in [0, 0.05) is 6.54 Å². The number of aliphatic carboxylic acids is 1. The van der Waals surface area contributed by atoms with Crippen molar-refractivity contribution >= 4 is 11.9 Å². The van der Waals surface area contributed by atoms with Gasteiger partial charge in [-0.2, -0.15) is 5.10 Å². The molecule has 1 aromatic heterocycles. The van der Waals surface area contributed by atoms with Crippen LogP contribution in [-0.4, -0.2) is 32.8 Å². The van der Waals surface area contributed by atoms with Gasteiger partial charge in [0.05, 0.1) is 17.3 Å². The van der Waals surface area contributed by atoms with Gasteiger partial charge in [0.1, 0.15) is 0 Å². The monoisotopic (exact) mass is 238 g/mol. The molecular formula is C11H18N4O2. The normalized spacial score (nSPS) is 12.2. The zero-order valence-corrected chi connectivity index (χ0v) is 10.4. The molecule has 17 heavy (non-hydrogen) atoms. The van der Waals surface area contributed by atoms with Crippen LogP contribution >= 0.6 is 0 Å². The van der Waals surface area contributed by atoms with E-state index < -0.39 is 5.97 Å². The van der Waals surface area contributed by atoms with Crippen molar-refractivity contribution in [3.05, 3.63) is 11.4 Å². The van der Waals surface area contributed by atoms with E-state index in [1.54, 1.807) is 6.92 Å². The highest BCUT2D eigenvalue weighted by molar-refractivity contribution is 5.69. The molecule has 1 aromatic rings. The summed E-state index contributed by atoms with van der Waals surface area (Å²) >= 11 is 0. The third kappa shape index (κ3) is 4.34. The maximum Gasteiger partial charge on any atom is 0.306 e. The zero-order valence-electron chi connectivity index (χ0n) is 10.4. The predicted octanol–water partition coefficient (Wildman–Crippen LogP) is 1.40. The summed E-state index contributed by atoms with van der Waals surface area (Å²) in [7, 11) is 0. The van der Waals surface area contributed by atoms with E-state index in [2.05, 4.69) is 20.5 Å². The number of carbonyl (C=O) groups is 1. The summed E-state index contributed by atoms with van der Waals surface area (Å²) in [6, 6.07) is 0. The molecule has 1 atom stereocenters. The van der Waals surface area contributed by atoms with Crippen LogP contribution in [0.15, 0.2) is 0 Å². The molecule has 0 aromatic carbocycles. The number of nitrogens with zero attached hydrogens (tertiary/aromatic N) is 3. The number of aromatic nitrogens is 3. The minimum Gasteiger partial charge on any atom is -0.481 e. The van der Waals surface area contributed by atoms with Crippen LogP contribution < -0.4 is 5.32 Å². The smallest absolute Gasteiger partial charge is 0.306 e. The van der Waals surface area contributed by atoms with E-state index in [0.717, 1.165) is 17.8 Å². The van der Waals surface area contributed by atoms with E-state index in [1.165, 1.54) is 0 Å². The van der Waals surface area contributed by atoms with Gasteiger partial charge in [-0.1, -0.05) is 6.92 Å². The molecule has 1 heterocycles. The Morgan fingerprint density at radius 2 is 2.06 bits per heavy atom. The van der Waals surface area contributed by atoms with Crippen molar-refractivity contribution in [1.29, 1.82) is 0 Å². The second-order valence-corrected chi connectivity index (χ2v) is 4.11. The number of hydrogen-bond donors (Lipinski definition) is 2. The van der Waals surface area contributed by atoms with E-state index in [4.69, 9.17) is 5.11 Å². The van der Waals surface area contributed by atoms with Crippen molar-refractivity contribution in [2.45, 2.75) is 33.6 Å². The average molecular weight is 238 g/mol. The quantitative estimate of drug-likeness (QED) is 0.728. The second kappa shape index (κ2) is 6.12. The first kappa shape index (κ1) is 13.3. The molecule has 0 aliphatic heterocycles. The summed E-state index contributed by atoms with van der Waals surface area (Å²) in [5.41, 5.74) is 1.66. The average Bonchev–Trinajstić information content (AvgIpc) is 2.28. The summed E-state index contributed by atoms with van der Waals surface area (Å²) in [6.45, 7) is 6.09. The Morgan fingerprint density at radius 1 is 1.35 bits per heavy atom. The highest BCUT2D eigenvalue weighted by Gasteiger charge is 2.09. The number of carboxylic acid groups (broad SMARTS) is 1. The Bertz CT molecular complexity index is 395. The first-order valence-electron chi connectivity index (χ1n) is 5.65. The van der Waals surface area contributed by atoms with Crippen LogP contribution in [0.5, 0.6) is 0 Å². The molecule has 2 N–H and O–H groups in total. The van der Waals surface area contributed by atoms with E-state index in [1.807, 2.05) is 13.8 Å². The third-order valence-electron chi connectivity index (χ3n) is 2.61. The molecule has 0 aliphatic carbocycles. The topological polar surface area (TPSA) is 88.0 Å². The molecule has 0 fully saturated rings. The van der Waals surface area contributed by atoms with Gasteiger partial charge >= 0.3 is 5.97 Å². The molecular weight excluding hydrogens is 220 g/mol. The number of carboxylic acids is 1. The summed E-state index contributed by atoms with van der Waals surface area (Å²) < 4.78 is 0. The van der Waals surface area contributed by atoms with Gasteiger partial charge in [0.25, 0.3) is 0 Å². The fourth-order valence-corrected chi connectivity index (χ4v) is 1.26. The van der Waals surface area contributed by atoms with Gasteiger partial charge in [0.15, 0.2) is 0 Å². The van der Waals surface area contributed by atoms with Gasteiger partial charge in [-0.15, -0.1) is 5.10 Å². The number of rotatable bonds is 6. The zero-order chi connectivity index (χ0) is 12.8. The molecule has 0 radical (unpaired) electrons. The van der Waals surface area contributed by atoms with Crippen molar-refractivity contribution in [2.75, 3.05) is 11.9 Å². The van der Waals surface area contributed by atoms with E-state index in [9.17, 15) is 4.79 Å². The summed E-state index contributed by atoms with van der Waals surface area (Å²) in [4.78, 5) is 14.8. The number of aryl methyl sites for hydroxylation is 2. The Kier molecular flexibility index (Phi) is 4.81. The van der Waals surface area contributed by atoms with E-state index in [0.29, 0.717) is 18.9 Å². The summed E-state index contributed by atoms with van der Waals surface area (Å²) in [6.07, 6.45) is 1.41. The van der Waals surface area contributed by atoms with Crippen LogP contribution in [0.25, 0.3) is 0 Å². The Morgan fingerprint density at radius 3 is 2.65 bits per heavy atom. The SMILES string of the molecule is Cc1nnc(NCCCC(C)C(=O)O)nc1C. The lowest BCUT2D eigenvalue weighted by molar-refractivity contribution is -0.141. The van der Waals surface area contributed by atoms with Crippen molar-refractivity contribution in [2.24, 2.45) is 5.92 Å². The number of anilines is 1. The molecule has 6 heteroatoms. The molecule has 1 unspecified atom stereocenters. The molecule has 0 saturated heterocycles. The third-order valence-corrected chi connectivity index (χ3v) is 2.61. The number of hydrogen-bond acceptors (Lipinski definition) is 5. The maximum absolute atomic E-state index is 10.6. The minimum absolute atomic E-state index is 0.310. The van der Waals surface area contributed by atoms with Crippen molar-refractivity contribution < 1.29 is 9.90 Å². The van der Waals surface area contributed by atoms with E-state index >= 15 is 0 Å². The lowest BCUT2D eigenvalue weighted by atomic mass is 10.1. The van der Waals surface area contributed by atoms with Gasteiger partial charge in [-0.25, -0.2) is 4.98 Å². The second-order valence-electron chi connectivity index (χ2n) is 4.11. The lowest BCUT2D eigenvalue weighted by Gasteiger charge is -2.07. The van der Waals surface area contributed by atoms with Gasteiger partial charge < -0.3 is 10.4 Å². The molecule has 0 amide bonds. The minimum atomic E-state index is -0.755. The molecule has 6 nitrogen and oxygen atoms in total. The van der Waals surface area contributed by atoms with Gasteiger partial charge in [0.2, 0.25) is 5.95 Å². The molecule has 0 spiro atoms. The first-order valence-corrected chi connectivity index (χ1v) is 5.65. The fourth-order valence-electron chi connectivity index (χ4n) is 1.26. The molecule has 0 bridgehead atoms. The molecule has 1 rings (SSSR count). The van der Waals surface area contributed by atoms with Crippen molar-refractivity contribution in [1.82, 2.24) is 15.2 Å². The van der Waals surface area contributed by atoms with Crippen LogP contribution in [0.1, 0.15) is 31.2 Å². The summed E-state index contributed by atoms with van der Waals surface area (Å²) in [5, 5.41) is 19.6. The van der Waals surface area contributed by atoms with Gasteiger partial charge in [-0.3, -0.25) is 4.79 Å². The van der Waals surface area contributed by atoms with Gasteiger partial charge in [-0.05, 0) is 26.7 Å². The molecule has 94 valence electrons. The van der Waals surface area contributed by atoms with Crippen LogP contribution in [0.4, 0.5) is 5.95 Å². The van der Waals surface area contributed by atoms with Crippen molar-refractivity contribution in [3.8, 4) is 0 Å². The van der Waals surface area contributed by atoms with Crippen LogP contribution in [0.3, 0.4) is 0 Å². The Hall–Kier alpha value is -1.72. The van der Waals surface area contributed by atoms with Crippen LogP contribution in [0.2, 0.25) is 0 Å². The predicted molar refractivity (Wildman–Crippen MR) is 63.8 cm³/mol. The standard InChI is InChI=1S/C11H18N4O2/c1-7(10(16)17)5-4-6-12-11-13-8(2)9(3)14-15-11/h7H,4-6H2,1-3H3,(H,16,17)(H,12,13,15). The van der Waals surface area contributed by atoms with E-state index in [-0.39, 0.29) is 5.92 Å². The highest BCUT2D eigenvalue weighted by Crippen LogP contribution is 2.06.